The second-order valence-electron chi connectivity index (χ2n) is 7.22. The molecule has 0 bridgehead atoms. The lowest BCUT2D eigenvalue weighted by Gasteiger charge is -2.32. The van der Waals surface area contributed by atoms with E-state index >= 15 is 0 Å². The highest BCUT2D eigenvalue weighted by Gasteiger charge is 2.52. The molecule has 6 heteroatoms. The lowest BCUT2D eigenvalue weighted by molar-refractivity contribution is -0.118. The summed E-state index contributed by atoms with van der Waals surface area (Å²) in [6.45, 7) is 11.5. The Bertz CT molecular complexity index is 654. The summed E-state index contributed by atoms with van der Waals surface area (Å²) < 4.78 is 25.7. The molecule has 2 rings (SSSR count). The zero-order valence-corrected chi connectivity index (χ0v) is 15.2. The number of nitrogens with one attached hydrogen (secondary N) is 1. The van der Waals surface area contributed by atoms with Gasteiger partial charge in [0.15, 0.2) is 0 Å². The topological polar surface area (TPSA) is 47.6 Å². The summed E-state index contributed by atoms with van der Waals surface area (Å²) in [7, 11) is -0.593. The Morgan fingerprint density at radius 3 is 2.38 bits per heavy atom. The first-order valence-corrected chi connectivity index (χ1v) is 8.08. The minimum absolute atomic E-state index is 0.145. The van der Waals surface area contributed by atoms with Crippen molar-refractivity contribution in [2.75, 3.05) is 6.54 Å². The van der Waals surface area contributed by atoms with Gasteiger partial charge >= 0.3 is 7.12 Å². The number of carbonyl (C=O) groups excluding carboxylic acids is 1. The molecule has 0 unspecified atom stereocenters. The third kappa shape index (κ3) is 4.05. The van der Waals surface area contributed by atoms with E-state index in [4.69, 9.17) is 9.31 Å². The van der Waals surface area contributed by atoms with Crippen LogP contribution in [-0.2, 0) is 14.1 Å². The zero-order valence-electron chi connectivity index (χ0n) is 15.2. The highest BCUT2D eigenvalue weighted by atomic mass is 19.1. The maximum Gasteiger partial charge on any atom is 0.492 e. The van der Waals surface area contributed by atoms with Crippen LogP contribution >= 0.6 is 0 Å². The van der Waals surface area contributed by atoms with Gasteiger partial charge in [-0.3, -0.25) is 4.79 Å². The summed E-state index contributed by atoms with van der Waals surface area (Å²) in [5, 5.41) is 2.77. The molecule has 0 spiro atoms. The van der Waals surface area contributed by atoms with E-state index in [2.05, 4.69) is 5.32 Å². The summed E-state index contributed by atoms with van der Waals surface area (Å²) in [6.07, 6.45) is 1.83. The maximum atomic E-state index is 13.6. The minimum atomic E-state index is -0.593. The molecule has 1 fully saturated rings. The lowest BCUT2D eigenvalue weighted by Crippen LogP contribution is -2.41. The number of amides is 1. The first-order valence-electron chi connectivity index (χ1n) is 8.08. The van der Waals surface area contributed by atoms with E-state index in [9.17, 15) is 9.18 Å². The highest BCUT2D eigenvalue weighted by Crippen LogP contribution is 2.38. The number of hydrogen-bond acceptors (Lipinski definition) is 3. The summed E-state index contributed by atoms with van der Waals surface area (Å²) in [5.41, 5.74) is 1.46. The fourth-order valence-corrected chi connectivity index (χ4v) is 2.39. The first-order chi connectivity index (χ1) is 11.0. The molecule has 1 aromatic carbocycles. The molecule has 24 heavy (non-hydrogen) atoms. The van der Waals surface area contributed by atoms with E-state index in [0.29, 0.717) is 0 Å². The zero-order chi connectivity index (χ0) is 18.1. The van der Waals surface area contributed by atoms with Crippen molar-refractivity contribution in [2.24, 2.45) is 0 Å². The Hall–Kier alpha value is -1.66. The van der Waals surface area contributed by atoms with Crippen LogP contribution < -0.4 is 5.32 Å². The van der Waals surface area contributed by atoms with Gasteiger partial charge in [0.1, 0.15) is 5.82 Å². The highest BCUT2D eigenvalue weighted by molar-refractivity contribution is 6.56. The van der Waals surface area contributed by atoms with Crippen molar-refractivity contribution in [1.29, 1.82) is 0 Å². The van der Waals surface area contributed by atoms with E-state index < -0.39 is 18.3 Å². The number of benzene rings is 1. The third-order valence-electron chi connectivity index (χ3n) is 4.68. The third-order valence-corrected chi connectivity index (χ3v) is 4.68. The van der Waals surface area contributed by atoms with Gasteiger partial charge in [0.2, 0.25) is 5.91 Å². The van der Waals surface area contributed by atoms with Crippen LogP contribution in [0.25, 0.3) is 6.08 Å². The second kappa shape index (κ2) is 6.69. The standard InChI is InChI=1S/C18H25BFNO3/c1-12-7-8-16(20)10-14(12)9-15(11-21-13(2)22)19-23-17(3,4)18(5,6)24-19/h7-10H,11H2,1-6H3,(H,21,22). The fourth-order valence-electron chi connectivity index (χ4n) is 2.39. The molecule has 130 valence electrons. The normalized spacial score (nSPS) is 19.5. The van der Waals surface area contributed by atoms with Gasteiger partial charge in [-0.05, 0) is 63.4 Å². The molecule has 1 amide bonds. The molecule has 0 aliphatic carbocycles. The van der Waals surface area contributed by atoms with Crippen molar-refractivity contribution in [1.82, 2.24) is 5.32 Å². The van der Waals surface area contributed by atoms with Crippen LogP contribution in [0.3, 0.4) is 0 Å². The van der Waals surface area contributed by atoms with Crippen molar-refractivity contribution in [2.45, 2.75) is 52.7 Å². The van der Waals surface area contributed by atoms with Crippen LogP contribution in [0.2, 0.25) is 0 Å². The van der Waals surface area contributed by atoms with Crippen LogP contribution in [0.1, 0.15) is 45.7 Å². The van der Waals surface area contributed by atoms with Crippen LogP contribution in [0.15, 0.2) is 23.7 Å². The number of aryl methyl sites for hydroxylation is 1. The quantitative estimate of drug-likeness (QED) is 0.860. The molecular weight excluding hydrogens is 308 g/mol. The largest absolute Gasteiger partial charge is 0.492 e. The molecule has 1 aliphatic heterocycles. The van der Waals surface area contributed by atoms with Crippen LogP contribution in [0.5, 0.6) is 0 Å². The fraction of sp³-hybridized carbons (Fsp3) is 0.500. The Balaban J connectivity index is 2.37. The molecule has 1 N–H and O–H groups in total. The maximum absolute atomic E-state index is 13.6. The molecule has 1 aromatic rings. The average Bonchev–Trinajstić information content (AvgIpc) is 2.66. The second-order valence-corrected chi connectivity index (χ2v) is 7.22. The molecule has 0 atom stereocenters. The van der Waals surface area contributed by atoms with E-state index in [0.717, 1.165) is 16.6 Å². The Morgan fingerprint density at radius 1 is 1.25 bits per heavy atom. The molecule has 4 nitrogen and oxygen atoms in total. The van der Waals surface area contributed by atoms with Crippen molar-refractivity contribution in [3.05, 3.63) is 40.6 Å². The summed E-state index contributed by atoms with van der Waals surface area (Å²) in [5.74, 6) is -0.451. The molecule has 1 aliphatic rings. The molecule has 0 aromatic heterocycles. The van der Waals surface area contributed by atoms with Gasteiger partial charge in [0, 0.05) is 13.5 Å². The van der Waals surface area contributed by atoms with Gasteiger partial charge in [0.05, 0.1) is 11.2 Å². The van der Waals surface area contributed by atoms with E-state index in [1.165, 1.54) is 19.1 Å². The Morgan fingerprint density at radius 2 is 1.83 bits per heavy atom. The van der Waals surface area contributed by atoms with Gasteiger partial charge < -0.3 is 14.6 Å². The monoisotopic (exact) mass is 333 g/mol. The number of carbonyl (C=O) groups is 1. The molecule has 0 radical (unpaired) electrons. The average molecular weight is 333 g/mol. The van der Waals surface area contributed by atoms with E-state index in [-0.39, 0.29) is 18.3 Å². The summed E-state index contributed by atoms with van der Waals surface area (Å²) in [6, 6.07) is 4.62. The molecule has 0 saturated carbocycles. The Labute approximate surface area is 143 Å². The van der Waals surface area contributed by atoms with Crippen molar-refractivity contribution in [3.8, 4) is 0 Å². The predicted molar refractivity (Wildman–Crippen MR) is 93.9 cm³/mol. The van der Waals surface area contributed by atoms with Gasteiger partial charge in [0.25, 0.3) is 0 Å². The van der Waals surface area contributed by atoms with Crippen LogP contribution in [0, 0.1) is 12.7 Å². The first kappa shape index (κ1) is 18.7. The SMILES string of the molecule is CC(=O)NCC(=Cc1cc(F)ccc1C)B1OC(C)(C)C(C)(C)O1. The minimum Gasteiger partial charge on any atom is -0.400 e. The van der Waals surface area contributed by atoms with Gasteiger partial charge in [-0.2, -0.15) is 0 Å². The van der Waals surface area contributed by atoms with Crippen LogP contribution in [0.4, 0.5) is 4.39 Å². The van der Waals surface area contributed by atoms with Gasteiger partial charge in [-0.1, -0.05) is 12.1 Å². The van der Waals surface area contributed by atoms with Crippen molar-refractivity contribution >= 4 is 19.1 Å². The number of halogens is 1. The molecule has 1 saturated heterocycles. The smallest absolute Gasteiger partial charge is 0.400 e. The number of rotatable bonds is 4. The van der Waals surface area contributed by atoms with E-state index in [1.807, 2.05) is 40.7 Å². The molecular formula is C18H25BFNO3. The number of hydrogen-bond donors (Lipinski definition) is 1. The van der Waals surface area contributed by atoms with Crippen LogP contribution in [-0.4, -0.2) is 30.8 Å². The molecule has 1 heterocycles. The van der Waals surface area contributed by atoms with E-state index in [1.54, 1.807) is 6.07 Å². The van der Waals surface area contributed by atoms with Crippen molar-refractivity contribution in [3.63, 3.8) is 0 Å². The Kier molecular flexibility index (Phi) is 5.21. The summed E-state index contributed by atoms with van der Waals surface area (Å²) >= 11 is 0. The van der Waals surface area contributed by atoms with Crippen molar-refractivity contribution < 1.29 is 18.5 Å². The lowest BCUT2D eigenvalue weighted by atomic mass is 9.76. The summed E-state index contributed by atoms with van der Waals surface area (Å²) in [4.78, 5) is 11.3. The van der Waals surface area contributed by atoms with Gasteiger partial charge in [-0.15, -0.1) is 0 Å². The van der Waals surface area contributed by atoms with Gasteiger partial charge in [-0.25, -0.2) is 4.39 Å². The predicted octanol–water partition coefficient (Wildman–Crippen LogP) is 3.29.